The van der Waals surface area contributed by atoms with Gasteiger partial charge in [0.2, 0.25) is 0 Å². The van der Waals surface area contributed by atoms with Gasteiger partial charge >= 0.3 is 0 Å². The molecule has 2 unspecified atom stereocenters. The van der Waals surface area contributed by atoms with Crippen LogP contribution in [0.25, 0.3) is 0 Å². The lowest BCUT2D eigenvalue weighted by molar-refractivity contribution is -0.0795. The third-order valence-electron chi connectivity index (χ3n) is 5.80. The van der Waals surface area contributed by atoms with Gasteiger partial charge in [0, 0.05) is 24.6 Å². The van der Waals surface area contributed by atoms with Gasteiger partial charge in [0.05, 0.1) is 18.3 Å². The van der Waals surface area contributed by atoms with Crippen molar-refractivity contribution in [1.29, 1.82) is 0 Å². The van der Waals surface area contributed by atoms with E-state index >= 15 is 0 Å². The fourth-order valence-electron chi connectivity index (χ4n) is 4.61. The quantitative estimate of drug-likeness (QED) is 0.839. The number of nitrogens with one attached hydrogen (secondary N) is 1. The monoisotopic (exact) mass is 295 g/mol. The normalized spacial score (nSPS) is 35.9. The predicted octanol–water partition coefficient (Wildman–Crippen LogP) is 3.66. The summed E-state index contributed by atoms with van der Waals surface area (Å²) < 4.78 is 12.4. The van der Waals surface area contributed by atoms with Gasteiger partial charge in [-0.1, -0.05) is 26.7 Å². The molecule has 1 N–H and O–H groups in total. The molecule has 3 fully saturated rings. The number of hydrogen-bond acceptors (Lipinski definition) is 3. The van der Waals surface area contributed by atoms with E-state index in [1.54, 1.807) is 0 Å². The van der Waals surface area contributed by atoms with Crippen LogP contribution in [0.3, 0.4) is 0 Å². The van der Waals surface area contributed by atoms with Crippen LogP contribution in [0.5, 0.6) is 0 Å². The molecule has 2 heterocycles. The zero-order chi connectivity index (χ0) is 14.8. The molecule has 2 aliphatic heterocycles. The van der Waals surface area contributed by atoms with Gasteiger partial charge in [-0.2, -0.15) is 0 Å². The van der Waals surface area contributed by atoms with Crippen molar-refractivity contribution in [3.05, 3.63) is 0 Å². The highest BCUT2D eigenvalue weighted by atomic mass is 16.5. The number of ether oxygens (including phenoxy) is 2. The van der Waals surface area contributed by atoms with E-state index in [1.165, 1.54) is 57.8 Å². The summed E-state index contributed by atoms with van der Waals surface area (Å²) in [5.74, 6) is 0. The van der Waals surface area contributed by atoms with Crippen LogP contribution in [0.4, 0.5) is 0 Å². The van der Waals surface area contributed by atoms with Crippen LogP contribution < -0.4 is 5.32 Å². The van der Waals surface area contributed by atoms with E-state index in [4.69, 9.17) is 9.47 Å². The van der Waals surface area contributed by atoms with Gasteiger partial charge < -0.3 is 14.8 Å². The van der Waals surface area contributed by atoms with E-state index in [0.29, 0.717) is 17.6 Å². The molecule has 0 aromatic carbocycles. The Bertz CT molecular complexity index is 330. The molecular weight excluding hydrogens is 262 g/mol. The van der Waals surface area contributed by atoms with Gasteiger partial charge in [-0.3, -0.25) is 0 Å². The Kier molecular flexibility index (Phi) is 4.92. The second kappa shape index (κ2) is 6.55. The third-order valence-corrected chi connectivity index (χ3v) is 5.80. The molecule has 0 aromatic rings. The lowest BCUT2D eigenvalue weighted by Gasteiger charge is -2.40. The van der Waals surface area contributed by atoms with Crippen LogP contribution in [0.15, 0.2) is 0 Å². The van der Waals surface area contributed by atoms with E-state index in [2.05, 4.69) is 19.2 Å². The van der Waals surface area contributed by atoms with Gasteiger partial charge in [-0.15, -0.1) is 0 Å². The zero-order valence-electron chi connectivity index (χ0n) is 14.0. The number of hydrogen-bond donors (Lipinski definition) is 1. The van der Waals surface area contributed by atoms with Crippen molar-refractivity contribution in [1.82, 2.24) is 5.32 Å². The largest absolute Gasteiger partial charge is 0.381 e. The lowest BCUT2D eigenvalue weighted by Crippen LogP contribution is -2.45. The van der Waals surface area contributed by atoms with E-state index in [0.717, 1.165) is 19.8 Å². The molecule has 3 heteroatoms. The molecular formula is C18H33NO2. The van der Waals surface area contributed by atoms with Crippen molar-refractivity contribution >= 4 is 0 Å². The maximum absolute atomic E-state index is 6.56. The van der Waals surface area contributed by atoms with Crippen molar-refractivity contribution in [2.45, 2.75) is 89.4 Å². The summed E-state index contributed by atoms with van der Waals surface area (Å²) in [7, 11) is 0. The van der Waals surface area contributed by atoms with Gasteiger partial charge in [0.1, 0.15) is 0 Å². The molecule has 21 heavy (non-hydrogen) atoms. The maximum atomic E-state index is 6.56. The Balaban J connectivity index is 1.59. The third kappa shape index (κ3) is 3.80. The highest BCUT2D eigenvalue weighted by molar-refractivity contribution is 4.96. The number of rotatable bonds is 5. The summed E-state index contributed by atoms with van der Waals surface area (Å²) in [5, 5.41) is 3.66. The van der Waals surface area contributed by atoms with Crippen LogP contribution in [0.2, 0.25) is 0 Å². The standard InChI is InChI=1S/C18H33NO2/c1-15(2)19-13-17(7-5-11-20-14-17)12-16-6-10-18(21-16)8-3-4-9-18/h15-16,19H,3-14H2,1-2H3. The minimum Gasteiger partial charge on any atom is -0.381 e. The van der Waals surface area contributed by atoms with Gasteiger partial charge in [-0.25, -0.2) is 0 Å². The summed E-state index contributed by atoms with van der Waals surface area (Å²) in [5.41, 5.74) is 0.574. The first-order valence-corrected chi connectivity index (χ1v) is 9.11. The Morgan fingerprint density at radius 2 is 1.90 bits per heavy atom. The molecule has 3 rings (SSSR count). The maximum Gasteiger partial charge on any atom is 0.0687 e. The average molecular weight is 295 g/mol. The molecule has 3 nitrogen and oxygen atoms in total. The fourth-order valence-corrected chi connectivity index (χ4v) is 4.61. The first kappa shape index (κ1) is 15.8. The molecule has 0 amide bonds. The molecule has 2 atom stereocenters. The second-order valence-corrected chi connectivity index (χ2v) is 8.06. The molecule has 1 saturated carbocycles. The average Bonchev–Trinajstić information content (AvgIpc) is 3.09. The topological polar surface area (TPSA) is 30.5 Å². The second-order valence-electron chi connectivity index (χ2n) is 8.06. The summed E-state index contributed by atoms with van der Waals surface area (Å²) in [6.07, 6.45) is 12.1. The van der Waals surface area contributed by atoms with Crippen LogP contribution in [-0.2, 0) is 9.47 Å². The van der Waals surface area contributed by atoms with Crippen LogP contribution in [-0.4, -0.2) is 37.5 Å². The van der Waals surface area contributed by atoms with E-state index in [1.807, 2.05) is 0 Å². The molecule has 122 valence electrons. The Labute approximate surface area is 130 Å². The van der Waals surface area contributed by atoms with Gasteiger partial charge in [0.15, 0.2) is 0 Å². The van der Waals surface area contributed by atoms with Crippen LogP contribution in [0.1, 0.15) is 71.6 Å². The SMILES string of the molecule is CC(C)NCC1(CC2CCC3(CCCC3)O2)CCCOC1. The lowest BCUT2D eigenvalue weighted by atomic mass is 9.77. The van der Waals surface area contributed by atoms with E-state index < -0.39 is 0 Å². The molecule has 1 spiro atoms. The van der Waals surface area contributed by atoms with Gasteiger partial charge in [0.25, 0.3) is 0 Å². The summed E-state index contributed by atoms with van der Waals surface area (Å²) in [6.45, 7) is 7.41. The minimum atomic E-state index is 0.271. The zero-order valence-corrected chi connectivity index (χ0v) is 14.0. The van der Waals surface area contributed by atoms with Crippen molar-refractivity contribution in [3.8, 4) is 0 Å². The minimum absolute atomic E-state index is 0.271. The van der Waals surface area contributed by atoms with Crippen molar-refractivity contribution in [2.75, 3.05) is 19.8 Å². The van der Waals surface area contributed by atoms with Crippen molar-refractivity contribution in [2.24, 2.45) is 5.41 Å². The molecule has 3 aliphatic rings. The van der Waals surface area contributed by atoms with Crippen molar-refractivity contribution in [3.63, 3.8) is 0 Å². The molecule has 2 saturated heterocycles. The first-order valence-electron chi connectivity index (χ1n) is 9.11. The Hall–Kier alpha value is -0.120. The molecule has 0 aromatic heterocycles. The molecule has 0 radical (unpaired) electrons. The van der Waals surface area contributed by atoms with Crippen LogP contribution >= 0.6 is 0 Å². The highest BCUT2D eigenvalue weighted by Crippen LogP contribution is 2.46. The summed E-state index contributed by atoms with van der Waals surface area (Å²) >= 11 is 0. The van der Waals surface area contributed by atoms with Crippen molar-refractivity contribution < 1.29 is 9.47 Å². The smallest absolute Gasteiger partial charge is 0.0687 e. The van der Waals surface area contributed by atoms with E-state index in [9.17, 15) is 0 Å². The van der Waals surface area contributed by atoms with Gasteiger partial charge in [-0.05, 0) is 44.9 Å². The summed E-state index contributed by atoms with van der Waals surface area (Å²) in [6, 6.07) is 0.550. The highest BCUT2D eigenvalue weighted by Gasteiger charge is 2.45. The Morgan fingerprint density at radius 3 is 2.57 bits per heavy atom. The predicted molar refractivity (Wildman–Crippen MR) is 85.5 cm³/mol. The molecule has 1 aliphatic carbocycles. The summed E-state index contributed by atoms with van der Waals surface area (Å²) in [4.78, 5) is 0. The first-order chi connectivity index (χ1) is 10.1. The fraction of sp³-hybridized carbons (Fsp3) is 1.00. The van der Waals surface area contributed by atoms with Crippen LogP contribution in [0, 0.1) is 5.41 Å². The Morgan fingerprint density at radius 1 is 1.10 bits per heavy atom. The molecule has 0 bridgehead atoms. The van der Waals surface area contributed by atoms with E-state index in [-0.39, 0.29) is 5.60 Å².